The van der Waals surface area contributed by atoms with Crippen LogP contribution >= 0.6 is 11.8 Å². The van der Waals surface area contributed by atoms with E-state index in [9.17, 15) is 9.59 Å². The molecule has 0 atom stereocenters. The van der Waals surface area contributed by atoms with Crippen LogP contribution < -0.4 is 5.32 Å². The number of nitrogens with zero attached hydrogens (tertiary/aromatic N) is 1. The van der Waals surface area contributed by atoms with Gasteiger partial charge >= 0.3 is 0 Å². The summed E-state index contributed by atoms with van der Waals surface area (Å²) < 4.78 is 0. The third-order valence-corrected chi connectivity index (χ3v) is 5.74. The Morgan fingerprint density at radius 2 is 1.40 bits per heavy atom. The zero-order valence-electron chi connectivity index (χ0n) is 16.4. The van der Waals surface area contributed by atoms with Crippen molar-refractivity contribution in [3.63, 3.8) is 0 Å². The first-order valence-corrected chi connectivity index (χ1v) is 10.8. The lowest BCUT2D eigenvalue weighted by Gasteiger charge is -2.29. The van der Waals surface area contributed by atoms with Gasteiger partial charge in [0.25, 0.3) is 0 Å². The first-order valence-electron chi connectivity index (χ1n) is 9.79. The molecule has 0 radical (unpaired) electrons. The molecule has 4 nitrogen and oxygen atoms in total. The number of amides is 2. The molecule has 0 bridgehead atoms. The Morgan fingerprint density at radius 1 is 0.867 bits per heavy atom. The number of carbonyl (C=O) groups excluding carboxylic acids is 2. The van der Waals surface area contributed by atoms with E-state index in [4.69, 9.17) is 0 Å². The molecule has 0 unspecified atom stereocenters. The second-order valence-electron chi connectivity index (χ2n) is 6.98. The van der Waals surface area contributed by atoms with E-state index >= 15 is 0 Å². The molecular weight excluding hydrogens is 392 g/mol. The standard InChI is InChI=1S/C25H22N2O2S/c28-23(16-27-22(17-30-18-24(27)29)19-10-4-1-5-11-19)26-25(20-12-6-2-7-13-20)21-14-8-3-9-15-21/h1-15,17,25H,16,18H2,(H,26,28). The number of rotatable bonds is 6. The Bertz CT molecular complexity index is 997. The van der Waals surface area contributed by atoms with Gasteiger partial charge in [0.1, 0.15) is 6.54 Å². The highest BCUT2D eigenvalue weighted by atomic mass is 32.2. The smallest absolute Gasteiger partial charge is 0.240 e. The Hall–Kier alpha value is -3.31. The maximum atomic E-state index is 13.1. The van der Waals surface area contributed by atoms with E-state index < -0.39 is 0 Å². The van der Waals surface area contributed by atoms with E-state index in [0.717, 1.165) is 22.4 Å². The van der Waals surface area contributed by atoms with E-state index in [1.54, 1.807) is 4.90 Å². The minimum absolute atomic E-state index is 0.0176. The van der Waals surface area contributed by atoms with Crippen molar-refractivity contribution in [3.8, 4) is 0 Å². The quantitative estimate of drug-likeness (QED) is 0.648. The lowest BCUT2D eigenvalue weighted by molar-refractivity contribution is -0.131. The van der Waals surface area contributed by atoms with Crippen LogP contribution in [0.15, 0.2) is 96.4 Å². The van der Waals surface area contributed by atoms with E-state index in [0.29, 0.717) is 5.75 Å². The van der Waals surface area contributed by atoms with Crippen LogP contribution in [0.2, 0.25) is 0 Å². The number of benzene rings is 3. The van der Waals surface area contributed by atoms with Crippen LogP contribution in [0.3, 0.4) is 0 Å². The van der Waals surface area contributed by atoms with Gasteiger partial charge in [0.05, 0.1) is 17.5 Å². The predicted octanol–water partition coefficient (Wildman–Crippen LogP) is 4.47. The third-order valence-electron chi connectivity index (χ3n) is 4.94. The molecule has 3 aromatic rings. The van der Waals surface area contributed by atoms with Crippen molar-refractivity contribution in [1.29, 1.82) is 0 Å². The second kappa shape index (κ2) is 9.46. The molecule has 5 heteroatoms. The van der Waals surface area contributed by atoms with Gasteiger partial charge in [-0.15, -0.1) is 11.8 Å². The summed E-state index contributed by atoms with van der Waals surface area (Å²) in [5.41, 5.74) is 3.68. The van der Waals surface area contributed by atoms with Crippen molar-refractivity contribution in [2.75, 3.05) is 12.3 Å². The molecule has 0 spiro atoms. The molecule has 30 heavy (non-hydrogen) atoms. The van der Waals surface area contributed by atoms with Gasteiger partial charge < -0.3 is 10.2 Å². The van der Waals surface area contributed by atoms with Gasteiger partial charge in [0, 0.05) is 0 Å². The molecule has 3 aromatic carbocycles. The number of nitrogens with one attached hydrogen (secondary N) is 1. The topological polar surface area (TPSA) is 49.4 Å². The number of hydrogen-bond acceptors (Lipinski definition) is 3. The van der Waals surface area contributed by atoms with Crippen LogP contribution in [0.4, 0.5) is 0 Å². The van der Waals surface area contributed by atoms with Crippen molar-refractivity contribution in [2.24, 2.45) is 0 Å². The highest BCUT2D eigenvalue weighted by molar-refractivity contribution is 8.03. The molecule has 2 amide bonds. The Morgan fingerprint density at radius 3 is 1.97 bits per heavy atom. The van der Waals surface area contributed by atoms with Crippen molar-refractivity contribution < 1.29 is 9.59 Å². The van der Waals surface area contributed by atoms with Gasteiger partial charge in [-0.3, -0.25) is 9.59 Å². The monoisotopic (exact) mass is 414 g/mol. The first-order chi connectivity index (χ1) is 14.7. The normalized spacial score (nSPS) is 13.8. The first kappa shape index (κ1) is 20.0. The average Bonchev–Trinajstić information content (AvgIpc) is 2.80. The molecule has 150 valence electrons. The Balaban J connectivity index is 1.56. The lowest BCUT2D eigenvalue weighted by atomic mass is 9.98. The van der Waals surface area contributed by atoms with Gasteiger partial charge in [-0.25, -0.2) is 0 Å². The van der Waals surface area contributed by atoms with Crippen molar-refractivity contribution in [1.82, 2.24) is 10.2 Å². The second-order valence-corrected chi connectivity index (χ2v) is 7.84. The van der Waals surface area contributed by atoms with Crippen LogP contribution in [-0.4, -0.2) is 29.0 Å². The minimum atomic E-state index is -0.279. The molecule has 0 saturated heterocycles. The highest BCUT2D eigenvalue weighted by Gasteiger charge is 2.26. The van der Waals surface area contributed by atoms with Crippen molar-refractivity contribution in [3.05, 3.63) is 113 Å². The van der Waals surface area contributed by atoms with Crippen molar-refractivity contribution >= 4 is 29.3 Å². The largest absolute Gasteiger partial charge is 0.344 e. The van der Waals surface area contributed by atoms with Gasteiger partial charge in [0.2, 0.25) is 11.8 Å². The number of thioether (sulfide) groups is 1. The Labute approximate surface area is 180 Å². The maximum absolute atomic E-state index is 13.1. The Kier molecular flexibility index (Phi) is 6.30. The third kappa shape index (κ3) is 4.63. The van der Waals surface area contributed by atoms with Crippen LogP contribution in [0, 0.1) is 0 Å². The van der Waals surface area contributed by atoms with Crippen molar-refractivity contribution in [2.45, 2.75) is 6.04 Å². The molecule has 0 aromatic heterocycles. The van der Waals surface area contributed by atoms with Crippen LogP contribution in [0.25, 0.3) is 5.70 Å². The summed E-state index contributed by atoms with van der Waals surface area (Å²) in [5.74, 6) is 0.0759. The van der Waals surface area contributed by atoms with Crippen LogP contribution in [0.5, 0.6) is 0 Å². The van der Waals surface area contributed by atoms with Gasteiger partial charge in [-0.2, -0.15) is 0 Å². The van der Waals surface area contributed by atoms with E-state index in [-0.39, 0.29) is 24.4 Å². The van der Waals surface area contributed by atoms with E-state index in [1.165, 1.54) is 11.8 Å². The SMILES string of the molecule is O=C(CN1C(=O)CSC=C1c1ccccc1)NC(c1ccccc1)c1ccccc1. The zero-order valence-corrected chi connectivity index (χ0v) is 17.2. The van der Waals surface area contributed by atoms with Gasteiger partial charge in [-0.1, -0.05) is 91.0 Å². The summed E-state index contributed by atoms with van der Waals surface area (Å²) in [7, 11) is 0. The molecule has 0 saturated carbocycles. The van der Waals surface area contributed by atoms with Crippen LogP contribution in [0.1, 0.15) is 22.7 Å². The number of carbonyl (C=O) groups is 2. The molecule has 0 aliphatic carbocycles. The summed E-state index contributed by atoms with van der Waals surface area (Å²) in [4.78, 5) is 27.3. The fourth-order valence-electron chi connectivity index (χ4n) is 3.47. The molecule has 4 rings (SSSR count). The summed E-state index contributed by atoms with van der Waals surface area (Å²) in [6, 6.07) is 29.1. The maximum Gasteiger partial charge on any atom is 0.240 e. The van der Waals surface area contributed by atoms with E-state index in [1.807, 2.05) is 96.4 Å². The predicted molar refractivity (Wildman–Crippen MR) is 121 cm³/mol. The number of hydrogen-bond donors (Lipinski definition) is 1. The highest BCUT2D eigenvalue weighted by Crippen LogP contribution is 2.28. The van der Waals surface area contributed by atoms with Gasteiger partial charge in [0.15, 0.2) is 0 Å². The summed E-state index contributed by atoms with van der Waals surface area (Å²) >= 11 is 1.46. The van der Waals surface area contributed by atoms with Crippen LogP contribution in [-0.2, 0) is 9.59 Å². The van der Waals surface area contributed by atoms with Gasteiger partial charge in [-0.05, 0) is 22.1 Å². The summed E-state index contributed by atoms with van der Waals surface area (Å²) in [6.07, 6.45) is 0. The minimum Gasteiger partial charge on any atom is -0.344 e. The molecule has 1 N–H and O–H groups in total. The summed E-state index contributed by atoms with van der Waals surface area (Å²) in [5, 5.41) is 5.08. The fourth-order valence-corrected chi connectivity index (χ4v) is 4.28. The fraction of sp³-hybridized carbons (Fsp3) is 0.120. The average molecular weight is 415 g/mol. The lowest BCUT2D eigenvalue weighted by Crippen LogP contribution is -2.42. The molecule has 0 fully saturated rings. The summed E-state index contributed by atoms with van der Waals surface area (Å²) in [6.45, 7) is -0.0176. The molecule has 1 aliphatic heterocycles. The molecular formula is C25H22N2O2S. The van der Waals surface area contributed by atoms with E-state index in [2.05, 4.69) is 5.32 Å². The molecule has 1 heterocycles. The molecule has 1 aliphatic rings. The zero-order chi connectivity index (χ0) is 20.8.